The molecule has 0 aliphatic carbocycles. The van der Waals surface area contributed by atoms with Crippen molar-refractivity contribution >= 4 is 29.9 Å². The maximum Gasteiger partial charge on any atom is 0.191 e. The Bertz CT molecular complexity index is 746. The van der Waals surface area contributed by atoms with Crippen molar-refractivity contribution in [2.45, 2.75) is 52.7 Å². The predicted molar refractivity (Wildman–Crippen MR) is 108 cm³/mol. The number of nitrogens with zero attached hydrogens (tertiary/aromatic N) is 6. The monoisotopic (exact) mass is 458 g/mol. The van der Waals surface area contributed by atoms with Crippen molar-refractivity contribution < 1.29 is 0 Å². The highest BCUT2D eigenvalue weighted by Gasteiger charge is 2.16. The van der Waals surface area contributed by atoms with Crippen LogP contribution in [0.2, 0.25) is 0 Å². The molecule has 8 nitrogen and oxygen atoms in total. The number of halogens is 1. The average molecular weight is 458 g/mol. The zero-order valence-electron chi connectivity index (χ0n) is 15.3. The van der Waals surface area contributed by atoms with Gasteiger partial charge in [-0.15, -0.1) is 34.2 Å². The SMILES string of the molecule is CN=C(NCc1c(C)nn(C)c1C)NCc1nnc2n1CCCC2.I. The second kappa shape index (κ2) is 8.63. The third kappa shape index (κ3) is 4.31. The number of fused-ring (bicyclic) bond motifs is 1. The lowest BCUT2D eigenvalue weighted by molar-refractivity contribution is 0.504. The molecule has 0 saturated heterocycles. The fraction of sp³-hybridized carbons (Fsp3) is 0.625. The number of rotatable bonds is 4. The van der Waals surface area contributed by atoms with Crippen molar-refractivity contribution in [3.05, 3.63) is 28.6 Å². The van der Waals surface area contributed by atoms with Crippen molar-refractivity contribution in [1.29, 1.82) is 0 Å². The van der Waals surface area contributed by atoms with E-state index in [0.29, 0.717) is 13.1 Å². The van der Waals surface area contributed by atoms with Crippen LogP contribution in [-0.4, -0.2) is 37.6 Å². The third-order valence-electron chi connectivity index (χ3n) is 4.67. The molecule has 0 aromatic carbocycles. The van der Waals surface area contributed by atoms with Gasteiger partial charge in [0, 0.05) is 44.9 Å². The first-order valence-electron chi connectivity index (χ1n) is 8.44. The van der Waals surface area contributed by atoms with Gasteiger partial charge in [0.15, 0.2) is 11.8 Å². The van der Waals surface area contributed by atoms with Crippen molar-refractivity contribution in [3.8, 4) is 0 Å². The molecule has 2 aromatic heterocycles. The van der Waals surface area contributed by atoms with Gasteiger partial charge in [0.1, 0.15) is 5.82 Å². The minimum atomic E-state index is 0. The highest BCUT2D eigenvalue weighted by atomic mass is 127. The molecule has 0 radical (unpaired) electrons. The van der Waals surface area contributed by atoms with Crippen molar-refractivity contribution in [2.24, 2.45) is 12.0 Å². The van der Waals surface area contributed by atoms with Crippen molar-refractivity contribution in [3.63, 3.8) is 0 Å². The molecular formula is C16H27IN8. The lowest BCUT2D eigenvalue weighted by Crippen LogP contribution is -2.37. The summed E-state index contributed by atoms with van der Waals surface area (Å²) in [5.74, 6) is 2.83. The van der Waals surface area contributed by atoms with Crippen molar-refractivity contribution in [2.75, 3.05) is 7.05 Å². The Kier molecular flexibility index (Phi) is 6.79. The Balaban J connectivity index is 0.00000225. The van der Waals surface area contributed by atoms with E-state index in [2.05, 4.69) is 42.4 Å². The van der Waals surface area contributed by atoms with E-state index >= 15 is 0 Å². The van der Waals surface area contributed by atoms with Crippen LogP contribution in [0, 0.1) is 13.8 Å². The summed E-state index contributed by atoms with van der Waals surface area (Å²) in [7, 11) is 3.74. The number of hydrogen-bond acceptors (Lipinski definition) is 4. The molecule has 0 spiro atoms. The van der Waals surface area contributed by atoms with Gasteiger partial charge in [0.05, 0.1) is 12.2 Å². The molecule has 1 aliphatic rings. The Morgan fingerprint density at radius 2 is 1.92 bits per heavy atom. The van der Waals surface area contributed by atoms with Crippen LogP contribution >= 0.6 is 24.0 Å². The lowest BCUT2D eigenvalue weighted by atomic mass is 10.2. The highest BCUT2D eigenvalue weighted by molar-refractivity contribution is 14.0. The summed E-state index contributed by atoms with van der Waals surface area (Å²) in [6.07, 6.45) is 3.43. The van der Waals surface area contributed by atoms with Gasteiger partial charge in [-0.1, -0.05) is 0 Å². The summed E-state index contributed by atoms with van der Waals surface area (Å²) in [5.41, 5.74) is 3.42. The summed E-state index contributed by atoms with van der Waals surface area (Å²) in [6.45, 7) is 6.44. The first kappa shape index (κ1) is 19.7. The Morgan fingerprint density at radius 1 is 1.16 bits per heavy atom. The van der Waals surface area contributed by atoms with Gasteiger partial charge in [-0.05, 0) is 26.7 Å². The van der Waals surface area contributed by atoms with Gasteiger partial charge < -0.3 is 15.2 Å². The van der Waals surface area contributed by atoms with E-state index in [1.54, 1.807) is 7.05 Å². The van der Waals surface area contributed by atoms with Gasteiger partial charge in [-0.2, -0.15) is 5.10 Å². The second-order valence-corrected chi connectivity index (χ2v) is 6.19. The smallest absolute Gasteiger partial charge is 0.191 e. The number of hydrogen-bond donors (Lipinski definition) is 2. The molecule has 9 heteroatoms. The van der Waals surface area contributed by atoms with Crippen LogP contribution in [0.1, 0.15) is 41.4 Å². The number of guanidine groups is 1. The minimum Gasteiger partial charge on any atom is -0.352 e. The second-order valence-electron chi connectivity index (χ2n) is 6.19. The highest BCUT2D eigenvalue weighted by Crippen LogP contribution is 2.14. The van der Waals surface area contributed by atoms with Crippen LogP contribution in [-0.2, 0) is 33.1 Å². The third-order valence-corrected chi connectivity index (χ3v) is 4.67. The van der Waals surface area contributed by atoms with Gasteiger partial charge >= 0.3 is 0 Å². The molecule has 3 rings (SSSR count). The molecule has 1 aliphatic heterocycles. The van der Waals surface area contributed by atoms with E-state index in [-0.39, 0.29) is 24.0 Å². The fourth-order valence-electron chi connectivity index (χ4n) is 3.13. The molecule has 0 unspecified atom stereocenters. The van der Waals surface area contributed by atoms with Crippen LogP contribution < -0.4 is 10.6 Å². The van der Waals surface area contributed by atoms with Gasteiger partial charge in [0.25, 0.3) is 0 Å². The maximum absolute atomic E-state index is 4.44. The predicted octanol–water partition coefficient (Wildman–Crippen LogP) is 1.45. The topological polar surface area (TPSA) is 84.9 Å². The molecule has 25 heavy (non-hydrogen) atoms. The molecular weight excluding hydrogens is 431 g/mol. The number of aromatic nitrogens is 5. The molecule has 0 atom stereocenters. The molecule has 0 bridgehead atoms. The van der Waals surface area contributed by atoms with Crippen molar-refractivity contribution in [1.82, 2.24) is 35.2 Å². The Hall–Kier alpha value is -1.65. The van der Waals surface area contributed by atoms with Crippen LogP contribution in [0.5, 0.6) is 0 Å². The molecule has 3 heterocycles. The molecule has 0 amide bonds. The van der Waals surface area contributed by atoms with Gasteiger partial charge in [0.2, 0.25) is 0 Å². The van der Waals surface area contributed by atoms with E-state index in [0.717, 1.165) is 36.3 Å². The van der Waals surface area contributed by atoms with E-state index < -0.39 is 0 Å². The minimum absolute atomic E-state index is 0. The summed E-state index contributed by atoms with van der Waals surface area (Å²) in [5, 5.41) is 19.7. The molecule has 0 fully saturated rings. The number of aryl methyl sites for hydroxylation is 3. The standard InChI is InChI=1S/C16H26N8.HI/c1-11-13(12(2)23(4)22-11)9-18-16(17-3)19-10-15-21-20-14-7-5-6-8-24(14)15;/h5-10H2,1-4H3,(H2,17,18,19);1H. The summed E-state index contributed by atoms with van der Waals surface area (Å²) < 4.78 is 4.13. The van der Waals surface area contributed by atoms with Crippen LogP contribution in [0.25, 0.3) is 0 Å². The van der Waals surface area contributed by atoms with Crippen LogP contribution in [0.3, 0.4) is 0 Å². The number of nitrogens with one attached hydrogen (secondary N) is 2. The summed E-state index contributed by atoms with van der Waals surface area (Å²) >= 11 is 0. The summed E-state index contributed by atoms with van der Waals surface area (Å²) in [4.78, 5) is 4.29. The quantitative estimate of drug-likeness (QED) is 0.412. The zero-order valence-corrected chi connectivity index (χ0v) is 17.7. The summed E-state index contributed by atoms with van der Waals surface area (Å²) in [6, 6.07) is 0. The molecule has 138 valence electrons. The number of aliphatic imine (C=N–C) groups is 1. The van der Waals surface area contributed by atoms with E-state index in [9.17, 15) is 0 Å². The molecule has 2 aromatic rings. The van der Waals surface area contributed by atoms with E-state index in [4.69, 9.17) is 0 Å². The van der Waals surface area contributed by atoms with Gasteiger partial charge in [-0.3, -0.25) is 9.67 Å². The van der Waals surface area contributed by atoms with E-state index in [1.807, 2.05) is 18.7 Å². The Labute approximate surface area is 165 Å². The Morgan fingerprint density at radius 3 is 2.60 bits per heavy atom. The van der Waals surface area contributed by atoms with Gasteiger partial charge in [-0.25, -0.2) is 0 Å². The molecule has 2 N–H and O–H groups in total. The fourth-order valence-corrected chi connectivity index (χ4v) is 3.13. The largest absolute Gasteiger partial charge is 0.352 e. The normalized spacial score (nSPS) is 14.0. The lowest BCUT2D eigenvalue weighted by Gasteiger charge is -2.16. The van der Waals surface area contributed by atoms with E-state index in [1.165, 1.54) is 24.1 Å². The maximum atomic E-state index is 4.44. The van der Waals surface area contributed by atoms with Crippen LogP contribution in [0.15, 0.2) is 4.99 Å². The first-order chi connectivity index (χ1) is 11.6. The zero-order chi connectivity index (χ0) is 17.1. The average Bonchev–Trinajstić information content (AvgIpc) is 3.10. The van der Waals surface area contributed by atoms with Crippen LogP contribution in [0.4, 0.5) is 0 Å². The first-order valence-corrected chi connectivity index (χ1v) is 8.44. The molecule has 0 saturated carbocycles.